The van der Waals surface area contributed by atoms with E-state index in [1.165, 1.54) is 0 Å². The third-order valence-electron chi connectivity index (χ3n) is 4.55. The summed E-state index contributed by atoms with van der Waals surface area (Å²) in [5.41, 5.74) is 2.21. The van der Waals surface area contributed by atoms with Gasteiger partial charge in [-0.2, -0.15) is 0 Å². The van der Waals surface area contributed by atoms with E-state index in [0.717, 1.165) is 5.69 Å². The van der Waals surface area contributed by atoms with Gasteiger partial charge in [-0.1, -0.05) is 0 Å². The van der Waals surface area contributed by atoms with Crippen molar-refractivity contribution < 1.29 is 14.4 Å². The van der Waals surface area contributed by atoms with Crippen LogP contribution in [0.3, 0.4) is 0 Å². The minimum atomic E-state index is -0.303. The summed E-state index contributed by atoms with van der Waals surface area (Å²) in [5, 5.41) is 8.74. The summed E-state index contributed by atoms with van der Waals surface area (Å²) >= 11 is 0. The largest absolute Gasteiger partial charge is 0.376 e. The Bertz CT molecular complexity index is 896. The molecule has 2 rings (SSSR count). The highest BCUT2D eigenvalue weighted by Crippen LogP contribution is 2.13. The molecule has 0 saturated carbocycles. The maximum atomic E-state index is 12.3. The SMILES string of the molecule is CCN(CC)C(=O)c1ccc(NC(=O)CNc2ccc(C(=O)NC(C)(C)C)cc2)cc1. The molecular formula is C24H32N4O3. The molecule has 0 spiro atoms. The lowest BCUT2D eigenvalue weighted by Crippen LogP contribution is -2.40. The normalized spacial score (nSPS) is 10.9. The van der Waals surface area contributed by atoms with Gasteiger partial charge in [-0.25, -0.2) is 0 Å². The molecule has 166 valence electrons. The average Bonchev–Trinajstić information content (AvgIpc) is 2.72. The Hall–Kier alpha value is -3.35. The molecule has 0 aliphatic heterocycles. The summed E-state index contributed by atoms with van der Waals surface area (Å²) in [5.74, 6) is -0.374. The van der Waals surface area contributed by atoms with Gasteiger partial charge in [0.1, 0.15) is 0 Å². The zero-order valence-electron chi connectivity index (χ0n) is 18.9. The quantitative estimate of drug-likeness (QED) is 0.602. The molecule has 7 nitrogen and oxygen atoms in total. The van der Waals surface area contributed by atoms with Crippen molar-refractivity contribution in [2.75, 3.05) is 30.3 Å². The molecule has 0 bridgehead atoms. The molecule has 0 aliphatic carbocycles. The van der Waals surface area contributed by atoms with E-state index < -0.39 is 0 Å². The second-order valence-electron chi connectivity index (χ2n) is 8.24. The third-order valence-corrected chi connectivity index (χ3v) is 4.55. The van der Waals surface area contributed by atoms with Crippen molar-refractivity contribution in [2.45, 2.75) is 40.2 Å². The van der Waals surface area contributed by atoms with E-state index in [-0.39, 0.29) is 29.8 Å². The average molecular weight is 425 g/mol. The number of nitrogens with zero attached hydrogens (tertiary/aromatic N) is 1. The third kappa shape index (κ3) is 7.44. The Morgan fingerprint density at radius 1 is 0.806 bits per heavy atom. The maximum Gasteiger partial charge on any atom is 0.253 e. The minimum Gasteiger partial charge on any atom is -0.376 e. The number of carbonyl (C=O) groups is 3. The summed E-state index contributed by atoms with van der Waals surface area (Å²) in [6.45, 7) is 11.0. The van der Waals surface area contributed by atoms with Crippen LogP contribution in [-0.4, -0.2) is 47.8 Å². The summed E-state index contributed by atoms with van der Waals surface area (Å²) in [4.78, 5) is 38.5. The van der Waals surface area contributed by atoms with Crippen LogP contribution in [0.4, 0.5) is 11.4 Å². The van der Waals surface area contributed by atoms with Crippen molar-refractivity contribution in [3.8, 4) is 0 Å². The molecule has 0 atom stereocenters. The van der Waals surface area contributed by atoms with Gasteiger partial charge in [-0.15, -0.1) is 0 Å². The van der Waals surface area contributed by atoms with E-state index in [4.69, 9.17) is 0 Å². The monoisotopic (exact) mass is 424 g/mol. The Kier molecular flexibility index (Phi) is 8.19. The summed E-state index contributed by atoms with van der Waals surface area (Å²) in [7, 11) is 0. The highest BCUT2D eigenvalue weighted by atomic mass is 16.2. The number of benzene rings is 2. The van der Waals surface area contributed by atoms with E-state index >= 15 is 0 Å². The number of hydrogen-bond acceptors (Lipinski definition) is 4. The van der Waals surface area contributed by atoms with Crippen molar-refractivity contribution in [2.24, 2.45) is 0 Å². The molecule has 2 aromatic carbocycles. The van der Waals surface area contributed by atoms with Crippen molar-refractivity contribution in [1.29, 1.82) is 0 Å². The lowest BCUT2D eigenvalue weighted by molar-refractivity contribution is -0.114. The molecular weight excluding hydrogens is 392 g/mol. The Labute approximate surface area is 184 Å². The zero-order chi connectivity index (χ0) is 23.0. The Balaban J connectivity index is 1.86. The van der Waals surface area contributed by atoms with Gasteiger partial charge < -0.3 is 20.9 Å². The van der Waals surface area contributed by atoms with E-state index in [0.29, 0.717) is 29.9 Å². The van der Waals surface area contributed by atoms with Gasteiger partial charge in [0, 0.05) is 41.1 Å². The number of amides is 3. The van der Waals surface area contributed by atoms with Gasteiger partial charge >= 0.3 is 0 Å². The fraction of sp³-hybridized carbons (Fsp3) is 0.375. The summed E-state index contributed by atoms with van der Waals surface area (Å²) in [6, 6.07) is 13.8. The zero-order valence-corrected chi connectivity index (χ0v) is 18.9. The standard InChI is InChI=1S/C24H32N4O3/c1-6-28(7-2)23(31)18-10-14-20(15-11-18)26-21(29)16-25-19-12-8-17(9-13-19)22(30)27-24(3,4)5/h8-15,25H,6-7,16H2,1-5H3,(H,26,29)(H,27,30). The highest BCUT2D eigenvalue weighted by molar-refractivity contribution is 5.97. The van der Waals surface area contributed by atoms with E-state index in [2.05, 4.69) is 16.0 Å². The van der Waals surface area contributed by atoms with Crippen LogP contribution >= 0.6 is 0 Å². The molecule has 3 N–H and O–H groups in total. The van der Waals surface area contributed by atoms with Gasteiger partial charge in [-0.05, 0) is 83.1 Å². The van der Waals surface area contributed by atoms with E-state index in [1.54, 1.807) is 53.4 Å². The smallest absolute Gasteiger partial charge is 0.253 e. The Morgan fingerprint density at radius 2 is 1.32 bits per heavy atom. The van der Waals surface area contributed by atoms with Crippen molar-refractivity contribution in [3.63, 3.8) is 0 Å². The van der Waals surface area contributed by atoms with Gasteiger partial charge in [0.2, 0.25) is 5.91 Å². The van der Waals surface area contributed by atoms with Crippen LogP contribution in [0.15, 0.2) is 48.5 Å². The number of anilines is 2. The predicted molar refractivity (Wildman–Crippen MR) is 124 cm³/mol. The van der Waals surface area contributed by atoms with E-state index in [9.17, 15) is 14.4 Å². The first-order chi connectivity index (χ1) is 14.6. The van der Waals surface area contributed by atoms with Crippen LogP contribution in [0.1, 0.15) is 55.3 Å². The fourth-order valence-electron chi connectivity index (χ4n) is 2.93. The molecule has 0 heterocycles. The summed E-state index contributed by atoms with van der Waals surface area (Å²) < 4.78 is 0. The minimum absolute atomic E-state index is 0.0239. The van der Waals surface area contributed by atoms with Crippen LogP contribution < -0.4 is 16.0 Å². The first-order valence-corrected chi connectivity index (χ1v) is 10.5. The van der Waals surface area contributed by atoms with Crippen molar-refractivity contribution in [3.05, 3.63) is 59.7 Å². The fourth-order valence-corrected chi connectivity index (χ4v) is 2.93. The highest BCUT2D eigenvalue weighted by Gasteiger charge is 2.15. The van der Waals surface area contributed by atoms with Gasteiger partial charge in [0.15, 0.2) is 0 Å². The second kappa shape index (κ2) is 10.6. The lowest BCUT2D eigenvalue weighted by Gasteiger charge is -2.20. The van der Waals surface area contributed by atoms with Crippen LogP contribution in [0.2, 0.25) is 0 Å². The molecule has 0 fully saturated rings. The van der Waals surface area contributed by atoms with E-state index in [1.807, 2.05) is 34.6 Å². The molecule has 31 heavy (non-hydrogen) atoms. The van der Waals surface area contributed by atoms with Gasteiger partial charge in [0.25, 0.3) is 11.8 Å². The number of nitrogens with one attached hydrogen (secondary N) is 3. The van der Waals surface area contributed by atoms with Crippen molar-refractivity contribution >= 4 is 29.1 Å². The molecule has 2 aromatic rings. The molecule has 0 aromatic heterocycles. The lowest BCUT2D eigenvalue weighted by atomic mass is 10.1. The van der Waals surface area contributed by atoms with Crippen LogP contribution in [-0.2, 0) is 4.79 Å². The van der Waals surface area contributed by atoms with Gasteiger partial charge in [-0.3, -0.25) is 14.4 Å². The van der Waals surface area contributed by atoms with Gasteiger partial charge in [0.05, 0.1) is 6.54 Å². The molecule has 0 aliphatic rings. The number of rotatable bonds is 8. The van der Waals surface area contributed by atoms with Crippen LogP contribution in [0, 0.1) is 0 Å². The summed E-state index contributed by atoms with van der Waals surface area (Å²) in [6.07, 6.45) is 0. The van der Waals surface area contributed by atoms with Crippen molar-refractivity contribution in [1.82, 2.24) is 10.2 Å². The number of hydrogen-bond donors (Lipinski definition) is 3. The maximum absolute atomic E-state index is 12.3. The van der Waals surface area contributed by atoms with Crippen LogP contribution in [0.25, 0.3) is 0 Å². The topological polar surface area (TPSA) is 90.5 Å². The molecule has 3 amide bonds. The molecule has 0 saturated heterocycles. The second-order valence-corrected chi connectivity index (χ2v) is 8.24. The Morgan fingerprint density at radius 3 is 1.84 bits per heavy atom. The van der Waals surface area contributed by atoms with Crippen LogP contribution in [0.5, 0.6) is 0 Å². The molecule has 0 radical (unpaired) electrons. The first kappa shape index (κ1) is 23.9. The number of carbonyl (C=O) groups excluding carboxylic acids is 3. The predicted octanol–water partition coefficient (Wildman–Crippen LogP) is 3.75. The molecule has 7 heteroatoms. The molecule has 0 unspecified atom stereocenters. The first-order valence-electron chi connectivity index (χ1n) is 10.5.